The standard InChI is InChI=1S/C11H24N2O3S/c1-10(2)17(14,15)12-9-11(3,4)13-5-7-16-8-6-13/h10,12H,5-9H2,1-4H3. The van der Waals surface area contributed by atoms with Gasteiger partial charge in [0, 0.05) is 25.2 Å². The van der Waals surface area contributed by atoms with E-state index in [1.165, 1.54) is 0 Å². The van der Waals surface area contributed by atoms with E-state index in [0.717, 1.165) is 26.3 Å². The van der Waals surface area contributed by atoms with E-state index in [2.05, 4.69) is 23.5 Å². The van der Waals surface area contributed by atoms with E-state index in [1.807, 2.05) is 0 Å². The van der Waals surface area contributed by atoms with E-state index < -0.39 is 10.0 Å². The predicted molar refractivity (Wildman–Crippen MR) is 68.5 cm³/mol. The van der Waals surface area contributed by atoms with Gasteiger partial charge in [0.25, 0.3) is 0 Å². The summed E-state index contributed by atoms with van der Waals surface area (Å²) in [5.74, 6) is 0. The zero-order chi connectivity index (χ0) is 13.1. The summed E-state index contributed by atoms with van der Waals surface area (Å²) in [6, 6.07) is 0. The molecule has 1 N–H and O–H groups in total. The van der Waals surface area contributed by atoms with Gasteiger partial charge in [-0.25, -0.2) is 13.1 Å². The van der Waals surface area contributed by atoms with Crippen LogP contribution in [0, 0.1) is 0 Å². The van der Waals surface area contributed by atoms with E-state index in [0.29, 0.717) is 6.54 Å². The lowest BCUT2D eigenvalue weighted by molar-refractivity contribution is -0.00804. The number of rotatable bonds is 5. The number of hydrogen-bond donors (Lipinski definition) is 1. The Morgan fingerprint density at radius 2 is 1.82 bits per heavy atom. The topological polar surface area (TPSA) is 58.6 Å². The summed E-state index contributed by atoms with van der Waals surface area (Å²) < 4.78 is 31.4. The van der Waals surface area contributed by atoms with Gasteiger partial charge in [0.2, 0.25) is 10.0 Å². The smallest absolute Gasteiger partial charge is 0.213 e. The van der Waals surface area contributed by atoms with Crippen molar-refractivity contribution in [2.45, 2.75) is 38.5 Å². The highest BCUT2D eigenvalue weighted by atomic mass is 32.2. The average Bonchev–Trinajstić information content (AvgIpc) is 2.28. The molecule has 0 aromatic heterocycles. The zero-order valence-electron chi connectivity index (χ0n) is 11.2. The van der Waals surface area contributed by atoms with Gasteiger partial charge in [0.05, 0.1) is 18.5 Å². The highest BCUT2D eigenvalue weighted by Gasteiger charge is 2.30. The van der Waals surface area contributed by atoms with Crippen molar-refractivity contribution in [2.75, 3.05) is 32.8 Å². The summed E-state index contributed by atoms with van der Waals surface area (Å²) >= 11 is 0. The molecule has 17 heavy (non-hydrogen) atoms. The minimum Gasteiger partial charge on any atom is -0.379 e. The van der Waals surface area contributed by atoms with Gasteiger partial charge in [-0.1, -0.05) is 0 Å². The molecule has 0 saturated carbocycles. The molecule has 0 bridgehead atoms. The van der Waals surface area contributed by atoms with E-state index in [-0.39, 0.29) is 10.8 Å². The number of ether oxygens (including phenoxy) is 1. The van der Waals surface area contributed by atoms with Gasteiger partial charge in [-0.2, -0.15) is 0 Å². The normalized spacial score (nSPS) is 19.8. The number of sulfonamides is 1. The summed E-state index contributed by atoms with van der Waals surface area (Å²) in [5.41, 5.74) is -0.175. The molecule has 0 aromatic rings. The summed E-state index contributed by atoms with van der Waals surface area (Å²) in [7, 11) is -3.18. The van der Waals surface area contributed by atoms with Crippen molar-refractivity contribution in [1.29, 1.82) is 0 Å². The maximum atomic E-state index is 11.7. The van der Waals surface area contributed by atoms with Gasteiger partial charge in [-0.15, -0.1) is 0 Å². The number of hydrogen-bond acceptors (Lipinski definition) is 4. The Balaban J connectivity index is 2.54. The zero-order valence-corrected chi connectivity index (χ0v) is 12.0. The molecule has 1 rings (SSSR count). The molecule has 1 saturated heterocycles. The van der Waals surface area contributed by atoms with Crippen LogP contribution in [0.5, 0.6) is 0 Å². The van der Waals surface area contributed by atoms with Gasteiger partial charge in [-0.3, -0.25) is 4.90 Å². The molecule has 0 spiro atoms. The van der Waals surface area contributed by atoms with Crippen molar-refractivity contribution in [1.82, 2.24) is 9.62 Å². The molecule has 0 aromatic carbocycles. The fourth-order valence-electron chi connectivity index (χ4n) is 1.72. The van der Waals surface area contributed by atoms with Gasteiger partial charge < -0.3 is 4.74 Å². The Kier molecular flexibility index (Phi) is 4.95. The molecule has 5 nitrogen and oxygen atoms in total. The van der Waals surface area contributed by atoms with Crippen molar-refractivity contribution in [3.63, 3.8) is 0 Å². The van der Waals surface area contributed by atoms with E-state index >= 15 is 0 Å². The molecule has 0 radical (unpaired) electrons. The molecule has 0 aliphatic carbocycles. The minimum absolute atomic E-state index is 0.175. The van der Waals surface area contributed by atoms with Crippen LogP contribution in [0.4, 0.5) is 0 Å². The molecule has 1 heterocycles. The van der Waals surface area contributed by atoms with Crippen LogP contribution in [0.15, 0.2) is 0 Å². The van der Waals surface area contributed by atoms with Crippen LogP contribution in [0.1, 0.15) is 27.7 Å². The molecule has 102 valence electrons. The second-order valence-electron chi connectivity index (χ2n) is 5.33. The largest absolute Gasteiger partial charge is 0.379 e. The monoisotopic (exact) mass is 264 g/mol. The summed E-state index contributed by atoms with van der Waals surface area (Å²) in [6.45, 7) is 11.1. The Morgan fingerprint density at radius 1 is 1.29 bits per heavy atom. The maximum absolute atomic E-state index is 11.7. The second kappa shape index (κ2) is 5.65. The first kappa shape index (κ1) is 14.9. The fraction of sp³-hybridized carbons (Fsp3) is 1.00. The minimum atomic E-state index is -3.18. The predicted octanol–water partition coefficient (Wildman–Crippen LogP) is 0.425. The van der Waals surface area contributed by atoms with Crippen LogP contribution in [-0.2, 0) is 14.8 Å². The fourth-order valence-corrected chi connectivity index (χ4v) is 2.61. The SMILES string of the molecule is CC(C)S(=O)(=O)NCC(C)(C)N1CCOCC1. The third kappa shape index (κ3) is 4.21. The Bertz CT molecular complexity index is 333. The molecule has 6 heteroatoms. The molecular weight excluding hydrogens is 240 g/mol. The average molecular weight is 264 g/mol. The van der Waals surface area contributed by atoms with Crippen LogP contribution in [-0.4, -0.2) is 57.0 Å². The number of morpholine rings is 1. The van der Waals surface area contributed by atoms with Crippen LogP contribution >= 0.6 is 0 Å². The first-order valence-corrected chi connectivity index (χ1v) is 7.61. The lowest BCUT2D eigenvalue weighted by atomic mass is 10.0. The lowest BCUT2D eigenvalue weighted by Gasteiger charge is -2.40. The van der Waals surface area contributed by atoms with Crippen molar-refractivity contribution >= 4 is 10.0 Å². The number of nitrogens with one attached hydrogen (secondary N) is 1. The molecule has 1 aliphatic rings. The highest BCUT2D eigenvalue weighted by Crippen LogP contribution is 2.15. The Morgan fingerprint density at radius 3 is 2.29 bits per heavy atom. The highest BCUT2D eigenvalue weighted by molar-refractivity contribution is 7.90. The van der Waals surface area contributed by atoms with E-state index in [1.54, 1.807) is 13.8 Å². The maximum Gasteiger partial charge on any atom is 0.213 e. The lowest BCUT2D eigenvalue weighted by Crippen LogP contribution is -2.55. The van der Waals surface area contributed by atoms with Gasteiger partial charge in [0.15, 0.2) is 0 Å². The van der Waals surface area contributed by atoms with Crippen molar-refractivity contribution in [3.05, 3.63) is 0 Å². The van der Waals surface area contributed by atoms with Crippen LogP contribution in [0.2, 0.25) is 0 Å². The third-order valence-corrected chi connectivity index (χ3v) is 4.98. The van der Waals surface area contributed by atoms with Gasteiger partial charge in [0.1, 0.15) is 0 Å². The molecule has 0 unspecified atom stereocenters. The number of nitrogens with zero attached hydrogens (tertiary/aromatic N) is 1. The Labute approximate surface area is 105 Å². The van der Waals surface area contributed by atoms with Crippen molar-refractivity contribution < 1.29 is 13.2 Å². The first-order valence-electron chi connectivity index (χ1n) is 6.07. The summed E-state index contributed by atoms with van der Waals surface area (Å²) in [5, 5.41) is -0.386. The molecule has 0 atom stereocenters. The second-order valence-corrected chi connectivity index (χ2v) is 7.65. The van der Waals surface area contributed by atoms with E-state index in [4.69, 9.17) is 4.74 Å². The first-order chi connectivity index (χ1) is 7.76. The molecule has 0 amide bonds. The third-order valence-electron chi connectivity index (χ3n) is 3.19. The van der Waals surface area contributed by atoms with Crippen molar-refractivity contribution in [2.24, 2.45) is 0 Å². The quantitative estimate of drug-likeness (QED) is 0.782. The van der Waals surface area contributed by atoms with Crippen LogP contribution in [0.3, 0.4) is 0 Å². The molecule has 1 aliphatic heterocycles. The van der Waals surface area contributed by atoms with Gasteiger partial charge in [-0.05, 0) is 27.7 Å². The van der Waals surface area contributed by atoms with Crippen molar-refractivity contribution in [3.8, 4) is 0 Å². The summed E-state index contributed by atoms with van der Waals surface area (Å²) in [6.07, 6.45) is 0. The molecular formula is C11H24N2O3S. The van der Waals surface area contributed by atoms with Gasteiger partial charge >= 0.3 is 0 Å². The molecule has 1 fully saturated rings. The Hall–Kier alpha value is -0.170. The van der Waals surface area contributed by atoms with E-state index in [9.17, 15) is 8.42 Å². The summed E-state index contributed by atoms with van der Waals surface area (Å²) in [4.78, 5) is 2.26. The van der Waals surface area contributed by atoms with Crippen LogP contribution in [0.25, 0.3) is 0 Å². The van der Waals surface area contributed by atoms with Crippen LogP contribution < -0.4 is 4.72 Å².